The number of nitrogens with one attached hydrogen (secondary N) is 1. The number of hydrogen-bond donors (Lipinski definition) is 1. The van der Waals surface area contributed by atoms with Crippen LogP contribution in [0.1, 0.15) is 49.4 Å². The second-order valence-corrected chi connectivity index (χ2v) is 6.58. The molecule has 22 heavy (non-hydrogen) atoms. The molecule has 118 valence electrons. The largest absolute Gasteiger partial charge is 0.358 e. The van der Waals surface area contributed by atoms with E-state index in [1.54, 1.807) is 0 Å². The summed E-state index contributed by atoms with van der Waals surface area (Å²) in [5.41, 5.74) is 4.29. The zero-order chi connectivity index (χ0) is 15.7. The molecule has 2 heterocycles. The summed E-state index contributed by atoms with van der Waals surface area (Å²) in [7, 11) is 0. The predicted molar refractivity (Wildman–Crippen MR) is 92.4 cm³/mol. The van der Waals surface area contributed by atoms with Gasteiger partial charge in [-0.15, -0.1) is 0 Å². The molecule has 1 aliphatic heterocycles. The Hall–Kier alpha value is -1.61. The number of para-hydroxylation sites is 1. The molecule has 1 aliphatic rings. The fraction of sp³-hybridized carbons (Fsp3) is 0.526. The smallest absolute Gasteiger partial charge is 0.194 e. The van der Waals surface area contributed by atoms with E-state index in [0.717, 1.165) is 40.8 Å². The van der Waals surface area contributed by atoms with Gasteiger partial charge in [0.05, 0.1) is 5.52 Å². The first-order valence-electron chi connectivity index (χ1n) is 8.47. The van der Waals surface area contributed by atoms with Crippen molar-refractivity contribution in [1.82, 2.24) is 9.88 Å². The number of H-pyrrole nitrogens is 1. The molecule has 0 spiro atoms. The zero-order valence-corrected chi connectivity index (χ0v) is 13.9. The van der Waals surface area contributed by atoms with Gasteiger partial charge in [-0.25, -0.2) is 0 Å². The third kappa shape index (κ3) is 2.70. The molecule has 0 radical (unpaired) electrons. The zero-order valence-electron chi connectivity index (χ0n) is 13.9. The number of nitrogens with zero attached hydrogens (tertiary/aromatic N) is 1. The molecule has 1 atom stereocenters. The van der Waals surface area contributed by atoms with Crippen molar-refractivity contribution in [2.24, 2.45) is 0 Å². The van der Waals surface area contributed by atoms with Gasteiger partial charge in [-0.05, 0) is 51.3 Å². The standard InChI is InChI=1S/C19H26N2O/c1-4-15-9-5-6-11-21(15)12-17-14(3)20-18-13(2)8-7-10-16(18)19(17)22/h7-8,10,15H,4-6,9,11-12H2,1-3H3,(H,20,22). The minimum absolute atomic E-state index is 0.204. The van der Waals surface area contributed by atoms with Crippen molar-refractivity contribution in [2.75, 3.05) is 6.54 Å². The van der Waals surface area contributed by atoms with Crippen molar-refractivity contribution in [3.63, 3.8) is 0 Å². The normalized spacial score (nSPS) is 19.7. The SMILES string of the molecule is CCC1CCCCN1Cc1c(C)[nH]c2c(C)cccc2c1=O. The lowest BCUT2D eigenvalue weighted by atomic mass is 9.98. The van der Waals surface area contributed by atoms with Crippen LogP contribution in [0.3, 0.4) is 0 Å². The van der Waals surface area contributed by atoms with Crippen molar-refractivity contribution in [2.45, 2.75) is 59.0 Å². The van der Waals surface area contributed by atoms with E-state index in [2.05, 4.69) is 29.8 Å². The molecule has 3 rings (SSSR count). The van der Waals surface area contributed by atoms with Crippen LogP contribution in [-0.4, -0.2) is 22.5 Å². The van der Waals surface area contributed by atoms with E-state index in [1.165, 1.54) is 25.7 Å². The number of rotatable bonds is 3. The summed E-state index contributed by atoms with van der Waals surface area (Å²) in [4.78, 5) is 18.9. The van der Waals surface area contributed by atoms with Crippen LogP contribution in [0.25, 0.3) is 10.9 Å². The number of aromatic nitrogens is 1. The van der Waals surface area contributed by atoms with Crippen LogP contribution in [0.15, 0.2) is 23.0 Å². The van der Waals surface area contributed by atoms with E-state index in [9.17, 15) is 4.79 Å². The highest BCUT2D eigenvalue weighted by molar-refractivity contribution is 5.82. The number of pyridine rings is 1. The van der Waals surface area contributed by atoms with Crippen LogP contribution in [0.5, 0.6) is 0 Å². The van der Waals surface area contributed by atoms with Gasteiger partial charge in [-0.1, -0.05) is 25.5 Å². The number of fused-ring (bicyclic) bond motifs is 1. The quantitative estimate of drug-likeness (QED) is 0.932. The average molecular weight is 298 g/mol. The fourth-order valence-corrected chi connectivity index (χ4v) is 3.74. The Labute approximate surface area is 132 Å². The molecule has 1 N–H and O–H groups in total. The molecule has 1 aromatic carbocycles. The van der Waals surface area contributed by atoms with Crippen LogP contribution in [0.4, 0.5) is 0 Å². The molecule has 0 aliphatic carbocycles. The summed E-state index contributed by atoms with van der Waals surface area (Å²) in [6.45, 7) is 8.24. The Morgan fingerprint density at radius 1 is 1.27 bits per heavy atom. The molecule has 0 bridgehead atoms. The van der Waals surface area contributed by atoms with Crippen LogP contribution < -0.4 is 5.43 Å². The van der Waals surface area contributed by atoms with Gasteiger partial charge in [0.25, 0.3) is 0 Å². The van der Waals surface area contributed by atoms with Crippen molar-refractivity contribution in [3.05, 3.63) is 45.2 Å². The van der Waals surface area contributed by atoms with Gasteiger partial charge >= 0.3 is 0 Å². The first-order valence-corrected chi connectivity index (χ1v) is 8.47. The van der Waals surface area contributed by atoms with Crippen LogP contribution in [0, 0.1) is 13.8 Å². The van der Waals surface area contributed by atoms with Crippen molar-refractivity contribution < 1.29 is 0 Å². The Bertz CT molecular complexity index is 732. The van der Waals surface area contributed by atoms with E-state index >= 15 is 0 Å². The lowest BCUT2D eigenvalue weighted by molar-refractivity contribution is 0.135. The Balaban J connectivity index is 2.02. The summed E-state index contributed by atoms with van der Waals surface area (Å²) < 4.78 is 0. The molecule has 1 unspecified atom stereocenters. The van der Waals surface area contributed by atoms with Gasteiger partial charge in [0, 0.05) is 29.2 Å². The molecule has 1 fully saturated rings. The summed E-state index contributed by atoms with van der Waals surface area (Å²) in [5, 5.41) is 0.825. The molecule has 0 saturated carbocycles. The van der Waals surface area contributed by atoms with Gasteiger partial charge in [0.15, 0.2) is 5.43 Å². The molecule has 1 aromatic heterocycles. The lowest BCUT2D eigenvalue weighted by Gasteiger charge is -2.35. The predicted octanol–water partition coefficient (Wildman–Crippen LogP) is 3.91. The highest BCUT2D eigenvalue weighted by Gasteiger charge is 2.23. The second kappa shape index (κ2) is 6.25. The number of piperidine rings is 1. The van der Waals surface area contributed by atoms with Gasteiger partial charge in [0.2, 0.25) is 0 Å². The average Bonchev–Trinajstić information content (AvgIpc) is 2.53. The Kier molecular flexibility index (Phi) is 4.34. The molecule has 3 nitrogen and oxygen atoms in total. The third-order valence-corrected chi connectivity index (χ3v) is 5.14. The first-order chi connectivity index (χ1) is 10.6. The first kappa shape index (κ1) is 15.3. The summed E-state index contributed by atoms with van der Waals surface area (Å²) in [5.74, 6) is 0. The van der Waals surface area contributed by atoms with E-state index < -0.39 is 0 Å². The number of hydrogen-bond acceptors (Lipinski definition) is 2. The minimum Gasteiger partial charge on any atom is -0.358 e. The summed E-state index contributed by atoms with van der Waals surface area (Å²) in [6.07, 6.45) is 5.01. The van der Waals surface area contributed by atoms with Crippen molar-refractivity contribution in [3.8, 4) is 0 Å². The Morgan fingerprint density at radius 3 is 2.86 bits per heavy atom. The fourth-order valence-electron chi connectivity index (χ4n) is 3.74. The number of aromatic amines is 1. The van der Waals surface area contributed by atoms with Crippen LogP contribution >= 0.6 is 0 Å². The van der Waals surface area contributed by atoms with Crippen molar-refractivity contribution >= 4 is 10.9 Å². The van der Waals surface area contributed by atoms with Gasteiger partial charge in [-0.3, -0.25) is 9.69 Å². The molecule has 0 amide bonds. The van der Waals surface area contributed by atoms with Gasteiger partial charge in [0.1, 0.15) is 0 Å². The highest BCUT2D eigenvalue weighted by atomic mass is 16.1. The van der Waals surface area contributed by atoms with E-state index in [0.29, 0.717) is 6.04 Å². The molecular weight excluding hydrogens is 272 g/mol. The lowest BCUT2D eigenvalue weighted by Crippen LogP contribution is -2.39. The van der Waals surface area contributed by atoms with Crippen molar-refractivity contribution in [1.29, 1.82) is 0 Å². The molecular formula is C19H26N2O. The van der Waals surface area contributed by atoms with Crippen LogP contribution in [0.2, 0.25) is 0 Å². The summed E-state index contributed by atoms with van der Waals surface area (Å²) in [6, 6.07) is 6.59. The number of aryl methyl sites for hydroxylation is 2. The van der Waals surface area contributed by atoms with E-state index in [4.69, 9.17) is 0 Å². The Morgan fingerprint density at radius 2 is 2.09 bits per heavy atom. The molecule has 2 aromatic rings. The monoisotopic (exact) mass is 298 g/mol. The maximum Gasteiger partial charge on any atom is 0.194 e. The molecule has 3 heteroatoms. The van der Waals surface area contributed by atoms with E-state index in [1.807, 2.05) is 19.1 Å². The number of likely N-dealkylation sites (tertiary alicyclic amines) is 1. The maximum absolute atomic E-state index is 12.9. The topological polar surface area (TPSA) is 36.1 Å². The molecule has 1 saturated heterocycles. The minimum atomic E-state index is 0.204. The number of benzene rings is 1. The third-order valence-electron chi connectivity index (χ3n) is 5.14. The van der Waals surface area contributed by atoms with E-state index in [-0.39, 0.29) is 5.43 Å². The van der Waals surface area contributed by atoms with Crippen LogP contribution in [-0.2, 0) is 6.54 Å². The maximum atomic E-state index is 12.9. The van der Waals surface area contributed by atoms with Gasteiger partial charge < -0.3 is 4.98 Å². The van der Waals surface area contributed by atoms with Gasteiger partial charge in [-0.2, -0.15) is 0 Å². The second-order valence-electron chi connectivity index (χ2n) is 6.58. The highest BCUT2D eigenvalue weighted by Crippen LogP contribution is 2.23. The summed E-state index contributed by atoms with van der Waals surface area (Å²) >= 11 is 0.